The highest BCUT2D eigenvalue weighted by Crippen LogP contribution is 2.45. The van der Waals surface area contributed by atoms with Crippen molar-refractivity contribution in [3.63, 3.8) is 0 Å². The Kier molecular flexibility index (Phi) is 5.29. The molecule has 0 aliphatic heterocycles. The van der Waals surface area contributed by atoms with Crippen LogP contribution in [-0.2, 0) is 4.74 Å². The maximum absolute atomic E-state index is 5.71. The summed E-state index contributed by atoms with van der Waals surface area (Å²) in [5.41, 5.74) is 1.08. The molecule has 1 aromatic rings. The van der Waals surface area contributed by atoms with Crippen LogP contribution >= 0.6 is 15.9 Å². The Balaban J connectivity index is 2.40. The fraction of sp³-hybridized carbons (Fsp3) is 0.600. The second-order valence-electron chi connectivity index (χ2n) is 5.01. The SMILES string of the molecule is CNC(c1ccc(OC)c(Br)c1OC)C(OC)C1CC1. The van der Waals surface area contributed by atoms with Crippen LogP contribution in [0, 0.1) is 5.92 Å². The second kappa shape index (κ2) is 6.78. The standard InChI is InChI=1S/C15H22BrNO3/c1-17-13(14(19-3)9-5-6-9)10-7-8-11(18-2)12(16)15(10)20-4/h7-9,13-14,17H,5-6H2,1-4H3. The van der Waals surface area contributed by atoms with Crippen LogP contribution in [0.25, 0.3) is 0 Å². The van der Waals surface area contributed by atoms with Gasteiger partial charge in [-0.1, -0.05) is 0 Å². The highest BCUT2D eigenvalue weighted by atomic mass is 79.9. The Hall–Kier alpha value is -0.780. The van der Waals surface area contributed by atoms with Crippen LogP contribution in [0.2, 0.25) is 0 Å². The second-order valence-corrected chi connectivity index (χ2v) is 5.80. The molecule has 0 heterocycles. The third kappa shape index (κ3) is 2.95. The lowest BCUT2D eigenvalue weighted by atomic mass is 9.97. The average Bonchev–Trinajstić information content (AvgIpc) is 3.29. The summed E-state index contributed by atoms with van der Waals surface area (Å²) >= 11 is 3.56. The molecule has 1 saturated carbocycles. The molecule has 112 valence electrons. The van der Waals surface area contributed by atoms with Crippen LogP contribution in [0.3, 0.4) is 0 Å². The number of ether oxygens (including phenoxy) is 3. The zero-order valence-corrected chi connectivity index (χ0v) is 14.0. The summed E-state index contributed by atoms with van der Waals surface area (Å²) in [5, 5.41) is 3.36. The van der Waals surface area contributed by atoms with E-state index in [4.69, 9.17) is 14.2 Å². The zero-order valence-electron chi connectivity index (χ0n) is 12.4. The lowest BCUT2D eigenvalue weighted by molar-refractivity contribution is 0.0522. The van der Waals surface area contributed by atoms with Gasteiger partial charge in [0.05, 0.1) is 26.4 Å². The van der Waals surface area contributed by atoms with E-state index in [1.54, 1.807) is 21.3 Å². The molecular weight excluding hydrogens is 322 g/mol. The van der Waals surface area contributed by atoms with E-state index in [-0.39, 0.29) is 12.1 Å². The van der Waals surface area contributed by atoms with E-state index in [1.807, 2.05) is 19.2 Å². The topological polar surface area (TPSA) is 39.7 Å². The van der Waals surface area contributed by atoms with Gasteiger partial charge in [0.1, 0.15) is 16.0 Å². The first-order valence-electron chi connectivity index (χ1n) is 6.78. The van der Waals surface area contributed by atoms with Gasteiger partial charge in [-0.05, 0) is 53.9 Å². The largest absolute Gasteiger partial charge is 0.495 e. The number of benzene rings is 1. The molecule has 1 aliphatic carbocycles. The molecule has 20 heavy (non-hydrogen) atoms. The fourth-order valence-corrected chi connectivity index (χ4v) is 3.37. The third-order valence-corrected chi connectivity index (χ3v) is 4.60. The molecule has 0 aromatic heterocycles. The summed E-state index contributed by atoms with van der Waals surface area (Å²) < 4.78 is 17.4. The number of halogens is 1. The molecule has 2 unspecified atom stereocenters. The van der Waals surface area contributed by atoms with E-state index in [2.05, 4.69) is 21.2 Å². The Bertz CT molecular complexity index is 463. The minimum absolute atomic E-state index is 0.102. The number of likely N-dealkylation sites (N-methyl/N-ethyl adjacent to an activating group) is 1. The summed E-state index contributed by atoms with van der Waals surface area (Å²) in [7, 11) is 7.06. The molecule has 0 saturated heterocycles. The normalized spacial score (nSPS) is 17.6. The van der Waals surface area contributed by atoms with Crippen molar-refractivity contribution in [3.8, 4) is 11.5 Å². The highest BCUT2D eigenvalue weighted by molar-refractivity contribution is 9.10. The first-order valence-corrected chi connectivity index (χ1v) is 7.57. The van der Waals surface area contributed by atoms with Crippen LogP contribution in [0.15, 0.2) is 16.6 Å². The van der Waals surface area contributed by atoms with Crippen molar-refractivity contribution >= 4 is 15.9 Å². The first kappa shape index (κ1) is 15.6. The van der Waals surface area contributed by atoms with E-state index in [9.17, 15) is 0 Å². The Morgan fingerprint density at radius 3 is 2.35 bits per heavy atom. The van der Waals surface area contributed by atoms with Crippen LogP contribution < -0.4 is 14.8 Å². The van der Waals surface area contributed by atoms with Crippen molar-refractivity contribution in [2.75, 3.05) is 28.4 Å². The molecule has 0 spiro atoms. The van der Waals surface area contributed by atoms with Gasteiger partial charge in [-0.2, -0.15) is 0 Å². The van der Waals surface area contributed by atoms with E-state index in [1.165, 1.54) is 12.8 Å². The molecule has 1 fully saturated rings. The van der Waals surface area contributed by atoms with Gasteiger partial charge >= 0.3 is 0 Å². The van der Waals surface area contributed by atoms with Gasteiger partial charge in [0.2, 0.25) is 0 Å². The molecule has 2 atom stereocenters. The molecule has 1 aliphatic rings. The monoisotopic (exact) mass is 343 g/mol. The van der Waals surface area contributed by atoms with Gasteiger partial charge < -0.3 is 19.5 Å². The third-order valence-electron chi connectivity index (χ3n) is 3.85. The van der Waals surface area contributed by atoms with E-state index in [0.29, 0.717) is 5.92 Å². The molecular formula is C15H22BrNO3. The maximum Gasteiger partial charge on any atom is 0.141 e. The van der Waals surface area contributed by atoms with Gasteiger partial charge in [0, 0.05) is 12.7 Å². The molecule has 1 N–H and O–H groups in total. The molecule has 1 aromatic carbocycles. The highest BCUT2D eigenvalue weighted by Gasteiger charge is 2.38. The van der Waals surface area contributed by atoms with Crippen molar-refractivity contribution in [3.05, 3.63) is 22.2 Å². The number of hydrogen-bond donors (Lipinski definition) is 1. The average molecular weight is 344 g/mol. The quantitative estimate of drug-likeness (QED) is 0.825. The summed E-state index contributed by atoms with van der Waals surface area (Å²) in [6, 6.07) is 4.09. The number of methoxy groups -OCH3 is 3. The summed E-state index contributed by atoms with van der Waals surface area (Å²) in [4.78, 5) is 0. The van der Waals surface area contributed by atoms with E-state index < -0.39 is 0 Å². The summed E-state index contributed by atoms with van der Waals surface area (Å²) in [6.07, 6.45) is 2.63. The van der Waals surface area contributed by atoms with Crippen LogP contribution in [0.1, 0.15) is 24.4 Å². The molecule has 2 rings (SSSR count). The first-order chi connectivity index (χ1) is 9.67. The van der Waals surface area contributed by atoms with Gasteiger partial charge in [-0.3, -0.25) is 0 Å². The van der Waals surface area contributed by atoms with Gasteiger partial charge in [0.15, 0.2) is 0 Å². The van der Waals surface area contributed by atoms with Crippen molar-refractivity contribution in [2.24, 2.45) is 5.92 Å². The van der Waals surface area contributed by atoms with Crippen molar-refractivity contribution in [1.29, 1.82) is 0 Å². The predicted molar refractivity (Wildman–Crippen MR) is 82.6 cm³/mol. The van der Waals surface area contributed by atoms with Crippen molar-refractivity contribution < 1.29 is 14.2 Å². The van der Waals surface area contributed by atoms with Gasteiger partial charge in [-0.25, -0.2) is 0 Å². The minimum Gasteiger partial charge on any atom is -0.495 e. The molecule has 0 bridgehead atoms. The fourth-order valence-electron chi connectivity index (χ4n) is 2.69. The molecule has 0 radical (unpaired) electrons. The Morgan fingerprint density at radius 1 is 1.20 bits per heavy atom. The maximum atomic E-state index is 5.71. The van der Waals surface area contributed by atoms with Crippen LogP contribution in [0.4, 0.5) is 0 Å². The number of hydrogen-bond acceptors (Lipinski definition) is 4. The number of nitrogens with one attached hydrogen (secondary N) is 1. The van der Waals surface area contributed by atoms with Crippen LogP contribution in [0.5, 0.6) is 11.5 Å². The lowest BCUT2D eigenvalue weighted by Crippen LogP contribution is -2.33. The Labute approximate surface area is 128 Å². The lowest BCUT2D eigenvalue weighted by Gasteiger charge is -2.28. The summed E-state index contributed by atoms with van der Waals surface area (Å²) in [6.45, 7) is 0. The molecule has 4 nitrogen and oxygen atoms in total. The van der Waals surface area contributed by atoms with Gasteiger partial charge in [-0.15, -0.1) is 0 Å². The summed E-state index contributed by atoms with van der Waals surface area (Å²) in [5.74, 6) is 2.19. The van der Waals surface area contributed by atoms with Gasteiger partial charge in [0.25, 0.3) is 0 Å². The molecule has 0 amide bonds. The van der Waals surface area contributed by atoms with E-state index >= 15 is 0 Å². The predicted octanol–water partition coefficient (Wildman–Crippen LogP) is 3.15. The smallest absolute Gasteiger partial charge is 0.141 e. The number of rotatable bonds is 7. The zero-order chi connectivity index (χ0) is 14.7. The van der Waals surface area contributed by atoms with Crippen LogP contribution in [-0.4, -0.2) is 34.5 Å². The van der Waals surface area contributed by atoms with E-state index in [0.717, 1.165) is 21.5 Å². The molecule has 5 heteroatoms. The Morgan fingerprint density at radius 2 is 1.90 bits per heavy atom. The van der Waals surface area contributed by atoms with Crippen molar-refractivity contribution in [1.82, 2.24) is 5.32 Å². The minimum atomic E-state index is 0.102. The van der Waals surface area contributed by atoms with Crippen molar-refractivity contribution in [2.45, 2.75) is 25.0 Å².